The Morgan fingerprint density at radius 2 is 1.74 bits per heavy atom. The second-order valence-electron chi connectivity index (χ2n) is 9.79. The molecule has 0 spiro atoms. The topological polar surface area (TPSA) is 59.0 Å². The summed E-state index contributed by atoms with van der Waals surface area (Å²) in [5.41, 5.74) is 4.13. The molecule has 0 saturated heterocycles. The van der Waals surface area contributed by atoms with Crippen molar-refractivity contribution in [3.05, 3.63) is 82.5 Å². The third kappa shape index (κ3) is 3.97. The molecule has 0 saturated carbocycles. The van der Waals surface area contributed by atoms with Crippen molar-refractivity contribution in [1.29, 1.82) is 0 Å². The molecule has 1 aliphatic heterocycles. The molecule has 0 bridgehead atoms. The monoisotopic (exact) mass is 416 g/mol. The zero-order valence-electron chi connectivity index (χ0n) is 19.3. The van der Waals surface area contributed by atoms with Crippen LogP contribution in [0.5, 0.6) is 0 Å². The summed E-state index contributed by atoms with van der Waals surface area (Å²) < 4.78 is 1.98. The summed E-state index contributed by atoms with van der Waals surface area (Å²) in [5.74, 6) is 0.682. The van der Waals surface area contributed by atoms with Crippen molar-refractivity contribution in [2.75, 3.05) is 5.32 Å². The molecule has 5 nitrogen and oxygen atoms in total. The smallest absolute Gasteiger partial charge is 0.257 e. The van der Waals surface area contributed by atoms with Gasteiger partial charge in [-0.3, -0.25) is 4.79 Å². The van der Waals surface area contributed by atoms with Gasteiger partial charge >= 0.3 is 0 Å². The summed E-state index contributed by atoms with van der Waals surface area (Å²) in [6.07, 6.45) is 0.890. The quantitative estimate of drug-likeness (QED) is 0.594. The standard InChI is InChI=1S/C26H32N4O/c1-17-12-14-20(15-13-17)26(5,6)28-24(31)22-18(2)29-30-23(22)27-21(16-25(30,3)4)19-10-8-7-9-11-19/h7-15,21,27H,16H2,1-6H3,(H,28,31). The van der Waals surface area contributed by atoms with E-state index in [9.17, 15) is 4.79 Å². The molecular weight excluding hydrogens is 384 g/mol. The highest BCUT2D eigenvalue weighted by molar-refractivity contribution is 6.00. The van der Waals surface area contributed by atoms with Gasteiger partial charge in [-0.1, -0.05) is 60.2 Å². The van der Waals surface area contributed by atoms with Crippen LogP contribution in [0.2, 0.25) is 0 Å². The number of hydrogen-bond acceptors (Lipinski definition) is 3. The maximum absolute atomic E-state index is 13.5. The van der Waals surface area contributed by atoms with Gasteiger partial charge in [0.15, 0.2) is 0 Å². The van der Waals surface area contributed by atoms with Crippen molar-refractivity contribution in [1.82, 2.24) is 15.1 Å². The molecular formula is C26H32N4O. The predicted molar refractivity (Wildman–Crippen MR) is 125 cm³/mol. The van der Waals surface area contributed by atoms with Crippen LogP contribution in [0.25, 0.3) is 0 Å². The van der Waals surface area contributed by atoms with E-state index in [1.807, 2.05) is 31.5 Å². The third-order valence-corrected chi connectivity index (χ3v) is 6.28. The first-order valence-electron chi connectivity index (χ1n) is 10.9. The van der Waals surface area contributed by atoms with Gasteiger partial charge in [-0.2, -0.15) is 5.10 Å². The van der Waals surface area contributed by atoms with Crippen molar-refractivity contribution in [2.45, 2.75) is 65.1 Å². The van der Waals surface area contributed by atoms with E-state index in [0.29, 0.717) is 5.56 Å². The number of aromatic nitrogens is 2. The summed E-state index contributed by atoms with van der Waals surface area (Å²) in [4.78, 5) is 13.5. The highest BCUT2D eigenvalue weighted by Gasteiger charge is 2.38. The van der Waals surface area contributed by atoms with Gasteiger partial charge in [0.05, 0.1) is 22.8 Å². The Morgan fingerprint density at radius 3 is 2.39 bits per heavy atom. The molecule has 2 N–H and O–H groups in total. The number of anilines is 1. The number of nitrogens with zero attached hydrogens (tertiary/aromatic N) is 2. The lowest BCUT2D eigenvalue weighted by Crippen LogP contribution is -2.42. The van der Waals surface area contributed by atoms with Crippen LogP contribution in [-0.2, 0) is 11.1 Å². The number of carbonyl (C=O) groups excluding carboxylic acids is 1. The van der Waals surface area contributed by atoms with Gasteiger partial charge in [-0.25, -0.2) is 4.68 Å². The third-order valence-electron chi connectivity index (χ3n) is 6.28. The molecule has 31 heavy (non-hydrogen) atoms. The van der Waals surface area contributed by atoms with Crippen LogP contribution in [0.4, 0.5) is 5.82 Å². The fourth-order valence-electron chi connectivity index (χ4n) is 4.45. The van der Waals surface area contributed by atoms with E-state index in [4.69, 9.17) is 5.10 Å². The Morgan fingerprint density at radius 1 is 1.10 bits per heavy atom. The number of amides is 1. The lowest BCUT2D eigenvalue weighted by Gasteiger charge is -2.38. The molecule has 1 aromatic heterocycles. The molecule has 5 heteroatoms. The summed E-state index contributed by atoms with van der Waals surface area (Å²) >= 11 is 0. The molecule has 0 aliphatic carbocycles. The first kappa shape index (κ1) is 21.2. The Hall–Kier alpha value is -3.08. The molecule has 4 rings (SSSR count). The van der Waals surface area contributed by atoms with Crippen molar-refractivity contribution in [2.24, 2.45) is 0 Å². The molecule has 1 aliphatic rings. The molecule has 1 unspecified atom stereocenters. The van der Waals surface area contributed by atoms with Gasteiger partial charge in [0.1, 0.15) is 11.4 Å². The average molecular weight is 417 g/mol. The van der Waals surface area contributed by atoms with Crippen molar-refractivity contribution >= 4 is 11.7 Å². The molecule has 3 aromatic rings. The molecule has 0 fully saturated rings. The van der Waals surface area contributed by atoms with E-state index in [1.165, 1.54) is 11.1 Å². The van der Waals surface area contributed by atoms with E-state index >= 15 is 0 Å². The van der Waals surface area contributed by atoms with Crippen molar-refractivity contribution in [3.63, 3.8) is 0 Å². The summed E-state index contributed by atoms with van der Waals surface area (Å²) in [6.45, 7) is 12.4. The van der Waals surface area contributed by atoms with Gasteiger partial charge in [0, 0.05) is 0 Å². The number of nitrogens with one attached hydrogen (secondary N) is 2. The van der Waals surface area contributed by atoms with E-state index in [2.05, 4.69) is 79.9 Å². The molecule has 0 radical (unpaired) electrons. The maximum atomic E-state index is 13.5. The zero-order chi connectivity index (χ0) is 22.4. The van der Waals surface area contributed by atoms with Crippen LogP contribution >= 0.6 is 0 Å². The number of aryl methyl sites for hydroxylation is 2. The fraction of sp³-hybridized carbons (Fsp3) is 0.385. The highest BCUT2D eigenvalue weighted by atomic mass is 16.1. The fourth-order valence-corrected chi connectivity index (χ4v) is 4.45. The Balaban J connectivity index is 1.68. The molecule has 2 heterocycles. The summed E-state index contributed by atoms with van der Waals surface area (Å²) in [6, 6.07) is 18.8. The number of carbonyl (C=O) groups is 1. The lowest BCUT2D eigenvalue weighted by atomic mass is 9.89. The van der Waals surface area contributed by atoms with Crippen LogP contribution in [0, 0.1) is 13.8 Å². The van der Waals surface area contributed by atoms with Crippen LogP contribution < -0.4 is 10.6 Å². The van der Waals surface area contributed by atoms with E-state index in [-0.39, 0.29) is 17.5 Å². The zero-order valence-corrected chi connectivity index (χ0v) is 19.3. The predicted octanol–water partition coefficient (Wildman–Crippen LogP) is 5.46. The Kier molecular flexibility index (Phi) is 5.16. The molecule has 162 valence electrons. The number of benzene rings is 2. The SMILES string of the molecule is Cc1ccc(C(C)(C)NC(=O)c2c(C)nn3c2NC(c2ccccc2)CC3(C)C)cc1. The largest absolute Gasteiger partial charge is 0.363 e. The van der Waals surface area contributed by atoms with Gasteiger partial charge in [0.25, 0.3) is 5.91 Å². The molecule has 1 amide bonds. The number of hydrogen-bond donors (Lipinski definition) is 2. The van der Waals surface area contributed by atoms with Crippen molar-refractivity contribution in [3.8, 4) is 0 Å². The van der Waals surface area contributed by atoms with Crippen LogP contribution in [0.15, 0.2) is 54.6 Å². The minimum Gasteiger partial charge on any atom is -0.363 e. The van der Waals surface area contributed by atoms with E-state index in [0.717, 1.165) is 23.5 Å². The Bertz CT molecular complexity index is 1090. The second-order valence-corrected chi connectivity index (χ2v) is 9.79. The van der Waals surface area contributed by atoms with E-state index in [1.54, 1.807) is 0 Å². The maximum Gasteiger partial charge on any atom is 0.257 e. The second kappa shape index (κ2) is 7.56. The van der Waals surface area contributed by atoms with Crippen LogP contribution in [0.1, 0.15) is 72.9 Å². The molecule has 2 aromatic carbocycles. The average Bonchev–Trinajstić information content (AvgIpc) is 3.05. The minimum atomic E-state index is -0.505. The van der Waals surface area contributed by atoms with Gasteiger partial charge in [-0.15, -0.1) is 0 Å². The van der Waals surface area contributed by atoms with Crippen molar-refractivity contribution < 1.29 is 4.79 Å². The van der Waals surface area contributed by atoms with Crippen LogP contribution in [-0.4, -0.2) is 15.7 Å². The highest BCUT2D eigenvalue weighted by Crippen LogP contribution is 2.41. The van der Waals surface area contributed by atoms with E-state index < -0.39 is 5.54 Å². The van der Waals surface area contributed by atoms with Crippen LogP contribution in [0.3, 0.4) is 0 Å². The summed E-state index contributed by atoms with van der Waals surface area (Å²) in [5, 5.41) is 11.6. The van der Waals surface area contributed by atoms with Gasteiger partial charge < -0.3 is 10.6 Å². The van der Waals surface area contributed by atoms with Gasteiger partial charge in [0.2, 0.25) is 0 Å². The Labute approximate surface area is 184 Å². The number of fused-ring (bicyclic) bond motifs is 1. The first-order valence-corrected chi connectivity index (χ1v) is 10.9. The summed E-state index contributed by atoms with van der Waals surface area (Å²) in [7, 11) is 0. The normalized spacial score (nSPS) is 17.5. The minimum absolute atomic E-state index is 0.110. The van der Waals surface area contributed by atoms with Gasteiger partial charge in [-0.05, 0) is 59.1 Å². The first-order chi connectivity index (χ1) is 14.6. The number of rotatable bonds is 4. The lowest BCUT2D eigenvalue weighted by molar-refractivity contribution is 0.0912. The molecule has 1 atom stereocenters.